The molecule has 1 saturated heterocycles. The zero-order valence-electron chi connectivity index (χ0n) is 14.6. The van der Waals surface area contributed by atoms with E-state index in [1.807, 2.05) is 24.4 Å². The summed E-state index contributed by atoms with van der Waals surface area (Å²) >= 11 is 0. The molecule has 1 atom stereocenters. The van der Waals surface area contributed by atoms with Gasteiger partial charge in [-0.05, 0) is 37.9 Å². The van der Waals surface area contributed by atoms with Crippen LogP contribution in [-0.2, 0) is 13.0 Å². The van der Waals surface area contributed by atoms with Crippen molar-refractivity contribution >= 4 is 17.4 Å². The minimum atomic E-state index is 0.328. The summed E-state index contributed by atoms with van der Waals surface area (Å²) in [4.78, 5) is 11.4. The molecular weight excluding hydrogens is 328 g/mol. The molecular formula is C18H22N8. The van der Waals surface area contributed by atoms with Gasteiger partial charge in [0.2, 0.25) is 5.95 Å². The standard InChI is InChI=1S/C18H22N8/c19-18-21-14-10-20-7-6-13(14)17(22-18)25-8-3-4-12(11-25)16-24-23-15-5-1-2-9-26(15)16/h1-2,5,9,12,20H,3-4,6-8,10-11H2,(H2,19,21,22). The number of hydrogen-bond acceptors (Lipinski definition) is 7. The normalized spacial score (nSPS) is 20.3. The highest BCUT2D eigenvalue weighted by Crippen LogP contribution is 2.32. The topological polar surface area (TPSA) is 97.3 Å². The van der Waals surface area contributed by atoms with Gasteiger partial charge in [-0.3, -0.25) is 4.40 Å². The zero-order valence-corrected chi connectivity index (χ0v) is 14.6. The largest absolute Gasteiger partial charge is 0.368 e. The number of piperidine rings is 1. The zero-order chi connectivity index (χ0) is 17.5. The number of anilines is 2. The van der Waals surface area contributed by atoms with Crippen LogP contribution in [0.4, 0.5) is 11.8 Å². The van der Waals surface area contributed by atoms with Crippen molar-refractivity contribution in [2.24, 2.45) is 0 Å². The van der Waals surface area contributed by atoms with Crippen molar-refractivity contribution in [2.75, 3.05) is 30.3 Å². The van der Waals surface area contributed by atoms with Gasteiger partial charge in [0.1, 0.15) is 11.6 Å². The first-order valence-corrected chi connectivity index (χ1v) is 9.20. The second-order valence-electron chi connectivity index (χ2n) is 7.03. The van der Waals surface area contributed by atoms with Crippen LogP contribution < -0.4 is 16.0 Å². The number of nitrogens with zero attached hydrogens (tertiary/aromatic N) is 6. The average molecular weight is 350 g/mol. The van der Waals surface area contributed by atoms with Crippen LogP contribution >= 0.6 is 0 Å². The summed E-state index contributed by atoms with van der Waals surface area (Å²) in [5.41, 5.74) is 9.16. The Morgan fingerprint density at radius 2 is 2.15 bits per heavy atom. The highest BCUT2D eigenvalue weighted by atomic mass is 15.3. The molecule has 26 heavy (non-hydrogen) atoms. The highest BCUT2D eigenvalue weighted by molar-refractivity contribution is 5.53. The second kappa shape index (κ2) is 6.21. The van der Waals surface area contributed by atoms with Gasteiger partial charge < -0.3 is 16.0 Å². The predicted octanol–water partition coefficient (Wildman–Crippen LogP) is 1.13. The predicted molar refractivity (Wildman–Crippen MR) is 99.0 cm³/mol. The fourth-order valence-corrected chi connectivity index (χ4v) is 4.14. The van der Waals surface area contributed by atoms with E-state index in [0.29, 0.717) is 11.9 Å². The summed E-state index contributed by atoms with van der Waals surface area (Å²) in [7, 11) is 0. The number of nitrogens with one attached hydrogen (secondary N) is 1. The van der Waals surface area contributed by atoms with Crippen molar-refractivity contribution < 1.29 is 0 Å². The SMILES string of the molecule is Nc1nc2c(c(N3CCCC(c4nnc5ccccn45)C3)n1)CCNC2. The van der Waals surface area contributed by atoms with Crippen LogP contribution in [0.2, 0.25) is 0 Å². The van der Waals surface area contributed by atoms with Crippen molar-refractivity contribution in [2.45, 2.75) is 31.7 Å². The molecule has 0 spiro atoms. The number of nitrogens with two attached hydrogens (primary N) is 1. The molecule has 134 valence electrons. The Hall–Kier alpha value is -2.74. The van der Waals surface area contributed by atoms with E-state index in [-0.39, 0.29) is 0 Å². The van der Waals surface area contributed by atoms with Crippen molar-refractivity contribution in [3.05, 3.63) is 41.5 Å². The molecule has 3 aromatic rings. The molecule has 1 unspecified atom stereocenters. The Balaban J connectivity index is 1.49. The summed E-state index contributed by atoms with van der Waals surface area (Å²) in [6.07, 6.45) is 5.19. The molecule has 8 heteroatoms. The van der Waals surface area contributed by atoms with E-state index in [2.05, 4.69) is 34.8 Å². The molecule has 0 saturated carbocycles. The van der Waals surface area contributed by atoms with Gasteiger partial charge in [-0.1, -0.05) is 6.07 Å². The fourth-order valence-electron chi connectivity index (χ4n) is 4.14. The molecule has 5 heterocycles. The molecule has 3 aromatic heterocycles. The number of rotatable bonds is 2. The van der Waals surface area contributed by atoms with Crippen LogP contribution in [0, 0.1) is 0 Å². The quantitative estimate of drug-likeness (QED) is 0.715. The Kier molecular flexibility index (Phi) is 3.70. The van der Waals surface area contributed by atoms with Gasteiger partial charge in [-0.25, -0.2) is 4.98 Å². The van der Waals surface area contributed by atoms with E-state index >= 15 is 0 Å². The van der Waals surface area contributed by atoms with Gasteiger partial charge in [0, 0.05) is 37.3 Å². The smallest absolute Gasteiger partial charge is 0.222 e. The summed E-state index contributed by atoms with van der Waals surface area (Å²) in [5, 5.41) is 12.2. The molecule has 1 fully saturated rings. The third kappa shape index (κ3) is 2.57. The Morgan fingerprint density at radius 1 is 1.19 bits per heavy atom. The lowest BCUT2D eigenvalue weighted by Crippen LogP contribution is -2.38. The lowest BCUT2D eigenvalue weighted by Gasteiger charge is -2.35. The molecule has 2 aliphatic heterocycles. The van der Waals surface area contributed by atoms with Crippen molar-refractivity contribution in [3.8, 4) is 0 Å². The van der Waals surface area contributed by atoms with Gasteiger partial charge in [-0.15, -0.1) is 10.2 Å². The number of fused-ring (bicyclic) bond motifs is 2. The molecule has 5 rings (SSSR count). The average Bonchev–Trinajstić information content (AvgIpc) is 3.11. The Labute approximate surface area is 151 Å². The third-order valence-corrected chi connectivity index (χ3v) is 5.36. The van der Waals surface area contributed by atoms with Crippen LogP contribution in [0.25, 0.3) is 5.65 Å². The fraction of sp³-hybridized carbons (Fsp3) is 0.444. The Bertz CT molecular complexity index is 950. The molecule has 0 aliphatic carbocycles. The molecule has 3 N–H and O–H groups in total. The summed E-state index contributed by atoms with van der Waals surface area (Å²) in [5.74, 6) is 2.72. The van der Waals surface area contributed by atoms with Crippen LogP contribution in [0.5, 0.6) is 0 Å². The van der Waals surface area contributed by atoms with Crippen LogP contribution in [-0.4, -0.2) is 44.2 Å². The van der Waals surface area contributed by atoms with E-state index in [9.17, 15) is 0 Å². The Morgan fingerprint density at radius 3 is 3.12 bits per heavy atom. The maximum atomic E-state index is 5.99. The maximum Gasteiger partial charge on any atom is 0.222 e. The number of hydrogen-bond donors (Lipinski definition) is 2. The monoisotopic (exact) mass is 350 g/mol. The first-order valence-electron chi connectivity index (χ1n) is 9.20. The van der Waals surface area contributed by atoms with Crippen LogP contribution in [0.1, 0.15) is 35.8 Å². The first kappa shape index (κ1) is 15.5. The van der Waals surface area contributed by atoms with E-state index in [4.69, 9.17) is 5.73 Å². The highest BCUT2D eigenvalue weighted by Gasteiger charge is 2.29. The van der Waals surface area contributed by atoms with Gasteiger partial charge in [0.05, 0.1) is 5.69 Å². The van der Waals surface area contributed by atoms with Crippen molar-refractivity contribution in [1.29, 1.82) is 0 Å². The molecule has 0 amide bonds. The van der Waals surface area contributed by atoms with Crippen molar-refractivity contribution in [1.82, 2.24) is 29.9 Å². The third-order valence-electron chi connectivity index (χ3n) is 5.36. The van der Waals surface area contributed by atoms with Gasteiger partial charge in [0.15, 0.2) is 5.65 Å². The molecule has 0 bridgehead atoms. The molecule has 2 aliphatic rings. The van der Waals surface area contributed by atoms with Gasteiger partial charge in [-0.2, -0.15) is 4.98 Å². The summed E-state index contributed by atoms with van der Waals surface area (Å²) in [6.45, 7) is 3.59. The van der Waals surface area contributed by atoms with Gasteiger partial charge in [0.25, 0.3) is 0 Å². The van der Waals surface area contributed by atoms with Gasteiger partial charge >= 0.3 is 0 Å². The molecule has 8 nitrogen and oxygen atoms in total. The molecule has 0 radical (unpaired) electrons. The van der Waals surface area contributed by atoms with E-state index in [1.54, 1.807) is 0 Å². The number of pyridine rings is 1. The maximum absolute atomic E-state index is 5.99. The minimum absolute atomic E-state index is 0.328. The number of nitrogen functional groups attached to an aromatic ring is 1. The van der Waals surface area contributed by atoms with Crippen LogP contribution in [0.3, 0.4) is 0 Å². The van der Waals surface area contributed by atoms with E-state index in [1.165, 1.54) is 5.56 Å². The molecule has 0 aromatic carbocycles. The van der Waals surface area contributed by atoms with E-state index < -0.39 is 0 Å². The van der Waals surface area contributed by atoms with Crippen molar-refractivity contribution in [3.63, 3.8) is 0 Å². The lowest BCUT2D eigenvalue weighted by atomic mass is 9.96. The second-order valence-corrected chi connectivity index (χ2v) is 7.03. The van der Waals surface area contributed by atoms with Crippen LogP contribution in [0.15, 0.2) is 24.4 Å². The summed E-state index contributed by atoms with van der Waals surface area (Å²) < 4.78 is 2.10. The number of aromatic nitrogens is 5. The van der Waals surface area contributed by atoms with E-state index in [0.717, 1.165) is 68.4 Å². The summed E-state index contributed by atoms with van der Waals surface area (Å²) in [6, 6.07) is 6.01. The minimum Gasteiger partial charge on any atom is -0.368 e. The first-order chi connectivity index (χ1) is 12.8. The lowest BCUT2D eigenvalue weighted by molar-refractivity contribution is 0.483.